The molecule has 1 aromatic rings. The number of likely N-dealkylation sites (tertiary alicyclic amines) is 1. The van der Waals surface area contributed by atoms with Crippen LogP contribution in [0.2, 0.25) is 0 Å². The fraction of sp³-hybridized carbons (Fsp3) is 0.562. The van der Waals surface area contributed by atoms with E-state index in [0.717, 1.165) is 23.1 Å². The lowest BCUT2D eigenvalue weighted by Gasteiger charge is -2.22. The molecule has 1 aliphatic rings. The van der Waals surface area contributed by atoms with Crippen LogP contribution in [0.25, 0.3) is 0 Å². The average Bonchev–Trinajstić information content (AvgIpc) is 2.52. The molecule has 19 heavy (non-hydrogen) atoms. The van der Waals surface area contributed by atoms with Crippen molar-refractivity contribution in [1.82, 2.24) is 4.90 Å². The van der Waals surface area contributed by atoms with E-state index in [-0.39, 0.29) is 5.78 Å². The molecule has 0 amide bonds. The van der Waals surface area contributed by atoms with E-state index in [0.29, 0.717) is 12.0 Å². The number of hydrogen-bond donors (Lipinski definition) is 0. The molecule has 1 aromatic carbocycles. The van der Waals surface area contributed by atoms with Crippen molar-refractivity contribution in [1.29, 1.82) is 0 Å². The molecule has 1 fully saturated rings. The Kier molecular flexibility index (Phi) is 4.80. The van der Waals surface area contributed by atoms with Crippen molar-refractivity contribution >= 4 is 21.7 Å². The molecule has 2 rings (SSSR count). The Labute approximate surface area is 124 Å². The Morgan fingerprint density at radius 1 is 1.21 bits per heavy atom. The van der Waals surface area contributed by atoms with Gasteiger partial charge in [0, 0.05) is 10.0 Å². The molecule has 0 radical (unpaired) electrons. The van der Waals surface area contributed by atoms with Gasteiger partial charge >= 0.3 is 0 Å². The molecular formula is C16H22BrNO. The SMILES string of the molecule is CC1(C)CCCN(CC(=O)c2ccc(Br)cc2)CC1. The van der Waals surface area contributed by atoms with E-state index in [4.69, 9.17) is 0 Å². The normalized spacial score (nSPS) is 19.9. The second-order valence-corrected chi connectivity index (χ2v) is 7.14. The second kappa shape index (κ2) is 6.19. The van der Waals surface area contributed by atoms with Crippen molar-refractivity contribution in [3.63, 3.8) is 0 Å². The number of ketones is 1. The van der Waals surface area contributed by atoms with Crippen molar-refractivity contribution in [2.45, 2.75) is 33.1 Å². The van der Waals surface area contributed by atoms with Crippen LogP contribution in [-0.4, -0.2) is 30.3 Å². The summed E-state index contributed by atoms with van der Waals surface area (Å²) >= 11 is 3.39. The molecule has 0 bridgehead atoms. The molecule has 2 nitrogen and oxygen atoms in total. The van der Waals surface area contributed by atoms with Crippen molar-refractivity contribution in [3.05, 3.63) is 34.3 Å². The first kappa shape index (κ1) is 14.7. The van der Waals surface area contributed by atoms with E-state index in [1.54, 1.807) is 0 Å². The van der Waals surface area contributed by atoms with Gasteiger partial charge in [-0.2, -0.15) is 0 Å². The van der Waals surface area contributed by atoms with E-state index >= 15 is 0 Å². The molecule has 3 heteroatoms. The first-order valence-electron chi connectivity index (χ1n) is 6.97. The maximum absolute atomic E-state index is 12.2. The van der Waals surface area contributed by atoms with E-state index in [1.165, 1.54) is 19.3 Å². The Morgan fingerprint density at radius 3 is 2.58 bits per heavy atom. The first-order chi connectivity index (χ1) is 8.96. The predicted molar refractivity (Wildman–Crippen MR) is 82.5 cm³/mol. The van der Waals surface area contributed by atoms with Crippen molar-refractivity contribution in [3.8, 4) is 0 Å². The zero-order valence-electron chi connectivity index (χ0n) is 11.8. The quantitative estimate of drug-likeness (QED) is 0.779. The Morgan fingerprint density at radius 2 is 1.89 bits per heavy atom. The Hall–Kier alpha value is -0.670. The van der Waals surface area contributed by atoms with Crippen LogP contribution in [0.3, 0.4) is 0 Å². The molecule has 0 spiro atoms. The number of Topliss-reactive ketones (excluding diaryl/α,β-unsaturated/α-hetero) is 1. The molecule has 0 atom stereocenters. The zero-order chi connectivity index (χ0) is 13.9. The molecule has 1 heterocycles. The molecule has 0 N–H and O–H groups in total. The maximum atomic E-state index is 12.2. The maximum Gasteiger partial charge on any atom is 0.176 e. The number of rotatable bonds is 3. The van der Waals surface area contributed by atoms with Crippen LogP contribution in [0.4, 0.5) is 0 Å². The largest absolute Gasteiger partial charge is 0.296 e. The summed E-state index contributed by atoms with van der Waals surface area (Å²) in [5.74, 6) is 0.229. The summed E-state index contributed by atoms with van der Waals surface area (Å²) in [4.78, 5) is 14.5. The highest BCUT2D eigenvalue weighted by Crippen LogP contribution is 2.29. The van der Waals surface area contributed by atoms with Crippen LogP contribution < -0.4 is 0 Å². The minimum atomic E-state index is 0.229. The third-order valence-corrected chi connectivity index (χ3v) is 4.49. The number of carbonyl (C=O) groups is 1. The topological polar surface area (TPSA) is 20.3 Å². The van der Waals surface area contributed by atoms with Gasteiger partial charge in [0.1, 0.15) is 0 Å². The highest BCUT2D eigenvalue weighted by Gasteiger charge is 2.24. The summed E-state index contributed by atoms with van der Waals surface area (Å²) < 4.78 is 1.01. The number of nitrogens with zero attached hydrogens (tertiary/aromatic N) is 1. The van der Waals surface area contributed by atoms with Gasteiger partial charge in [0.15, 0.2) is 5.78 Å². The van der Waals surface area contributed by atoms with Gasteiger partial charge in [-0.1, -0.05) is 41.9 Å². The predicted octanol–water partition coefficient (Wildman–Crippen LogP) is 4.14. The number of hydrogen-bond acceptors (Lipinski definition) is 2. The highest BCUT2D eigenvalue weighted by molar-refractivity contribution is 9.10. The Balaban J connectivity index is 1.93. The van der Waals surface area contributed by atoms with Gasteiger partial charge in [0.2, 0.25) is 0 Å². The van der Waals surface area contributed by atoms with Gasteiger partial charge < -0.3 is 0 Å². The third-order valence-electron chi connectivity index (χ3n) is 3.97. The number of carbonyl (C=O) groups excluding carboxylic acids is 1. The molecule has 104 valence electrons. The van der Waals surface area contributed by atoms with Gasteiger partial charge in [-0.3, -0.25) is 9.69 Å². The smallest absolute Gasteiger partial charge is 0.176 e. The Bertz CT molecular complexity index is 439. The van der Waals surface area contributed by atoms with Gasteiger partial charge in [-0.05, 0) is 49.9 Å². The molecule has 0 saturated carbocycles. The van der Waals surface area contributed by atoms with Gasteiger partial charge in [0.05, 0.1) is 6.54 Å². The second-order valence-electron chi connectivity index (χ2n) is 6.22. The van der Waals surface area contributed by atoms with Crippen molar-refractivity contribution in [2.75, 3.05) is 19.6 Å². The van der Waals surface area contributed by atoms with Crippen LogP contribution in [-0.2, 0) is 0 Å². The monoisotopic (exact) mass is 323 g/mol. The standard InChI is InChI=1S/C16H22BrNO/c1-16(2)8-3-10-18(11-9-16)12-15(19)13-4-6-14(17)7-5-13/h4-7H,3,8-12H2,1-2H3. The van der Waals surface area contributed by atoms with Crippen LogP contribution in [0.1, 0.15) is 43.5 Å². The summed E-state index contributed by atoms with van der Waals surface area (Å²) in [7, 11) is 0. The van der Waals surface area contributed by atoms with E-state index in [2.05, 4.69) is 34.7 Å². The lowest BCUT2D eigenvalue weighted by Crippen LogP contribution is -2.31. The van der Waals surface area contributed by atoms with Crippen molar-refractivity contribution < 1.29 is 4.79 Å². The minimum absolute atomic E-state index is 0.229. The molecule has 1 saturated heterocycles. The summed E-state index contributed by atoms with van der Waals surface area (Å²) in [6, 6.07) is 7.65. The van der Waals surface area contributed by atoms with Crippen LogP contribution in [0.5, 0.6) is 0 Å². The summed E-state index contributed by atoms with van der Waals surface area (Å²) in [5, 5.41) is 0. The van der Waals surface area contributed by atoms with Crippen LogP contribution in [0, 0.1) is 5.41 Å². The molecule has 1 aliphatic heterocycles. The third kappa shape index (κ3) is 4.43. The fourth-order valence-corrected chi connectivity index (χ4v) is 2.83. The van der Waals surface area contributed by atoms with Gasteiger partial charge in [-0.25, -0.2) is 0 Å². The average molecular weight is 324 g/mol. The summed E-state index contributed by atoms with van der Waals surface area (Å²) in [6.07, 6.45) is 3.64. The van der Waals surface area contributed by atoms with E-state index in [9.17, 15) is 4.79 Å². The zero-order valence-corrected chi connectivity index (χ0v) is 13.4. The van der Waals surface area contributed by atoms with Crippen molar-refractivity contribution in [2.24, 2.45) is 5.41 Å². The minimum Gasteiger partial charge on any atom is -0.296 e. The first-order valence-corrected chi connectivity index (χ1v) is 7.77. The van der Waals surface area contributed by atoms with Crippen LogP contribution >= 0.6 is 15.9 Å². The van der Waals surface area contributed by atoms with Gasteiger partial charge in [-0.15, -0.1) is 0 Å². The summed E-state index contributed by atoms with van der Waals surface area (Å²) in [5.41, 5.74) is 1.24. The fourth-order valence-electron chi connectivity index (χ4n) is 2.57. The molecule has 0 aliphatic carbocycles. The molecule has 0 aromatic heterocycles. The molecular weight excluding hydrogens is 302 g/mol. The van der Waals surface area contributed by atoms with Gasteiger partial charge in [0.25, 0.3) is 0 Å². The van der Waals surface area contributed by atoms with Crippen LogP contribution in [0.15, 0.2) is 28.7 Å². The van der Waals surface area contributed by atoms with E-state index in [1.807, 2.05) is 24.3 Å². The number of halogens is 1. The summed E-state index contributed by atoms with van der Waals surface area (Å²) in [6.45, 7) is 7.29. The van der Waals surface area contributed by atoms with E-state index < -0.39 is 0 Å². The molecule has 0 unspecified atom stereocenters. The lowest BCUT2D eigenvalue weighted by atomic mass is 9.85. The number of benzene rings is 1. The highest BCUT2D eigenvalue weighted by atomic mass is 79.9. The lowest BCUT2D eigenvalue weighted by molar-refractivity contribution is 0.0930.